The number of fused-ring (bicyclic) bond motifs is 1. The van der Waals surface area contributed by atoms with E-state index >= 15 is 0 Å². The summed E-state index contributed by atoms with van der Waals surface area (Å²) >= 11 is 0. The number of rotatable bonds is 6. The van der Waals surface area contributed by atoms with Gasteiger partial charge in [-0.15, -0.1) is 0 Å². The van der Waals surface area contributed by atoms with Crippen LogP contribution in [0.4, 0.5) is 0 Å². The number of nitrogens with zero attached hydrogens (tertiary/aromatic N) is 2. The van der Waals surface area contributed by atoms with Gasteiger partial charge in [-0.1, -0.05) is 55.4 Å². The summed E-state index contributed by atoms with van der Waals surface area (Å²) in [5.74, 6) is -2.36. The largest absolute Gasteiger partial charge is 0.368 e. The van der Waals surface area contributed by atoms with E-state index < -0.39 is 45.6 Å². The Kier molecular flexibility index (Phi) is 6.54. The van der Waals surface area contributed by atoms with Crippen molar-refractivity contribution in [2.75, 3.05) is 13.1 Å². The van der Waals surface area contributed by atoms with E-state index in [1.165, 1.54) is 4.90 Å². The van der Waals surface area contributed by atoms with E-state index in [4.69, 9.17) is 5.73 Å². The minimum Gasteiger partial charge on any atom is -0.368 e. The van der Waals surface area contributed by atoms with Crippen LogP contribution in [0.15, 0.2) is 0 Å². The molecule has 3 aliphatic rings. The highest BCUT2D eigenvalue weighted by atomic mass is 16.2. The number of amides is 4. The van der Waals surface area contributed by atoms with Gasteiger partial charge in [0.25, 0.3) is 0 Å². The zero-order chi connectivity index (χ0) is 26.7. The second-order valence-corrected chi connectivity index (χ2v) is 13.2. The van der Waals surface area contributed by atoms with Crippen LogP contribution in [0.5, 0.6) is 0 Å². The molecule has 1 saturated carbocycles. The van der Waals surface area contributed by atoms with Crippen molar-refractivity contribution in [1.29, 1.82) is 5.26 Å². The van der Waals surface area contributed by atoms with Crippen LogP contribution in [0.1, 0.15) is 68.2 Å². The molecule has 3 rings (SSSR count). The first-order chi connectivity index (χ1) is 15.9. The number of carbonyl (C=O) groups is 4. The standard InChI is InChI=1S/C26H41N5O4/c1-23(2,3)17(30-22(35)24(4,5)6)21(34)31-13-16-25(7,8)26(16,18(31)19(28)32)15(12-27)11-14-9-10-29-20(14)33/h14-18H,9-11,13H2,1-8H3,(H2,28,32)(H,29,33)(H,30,35)/t14-,15-,16?,17-,18?,26?/m1/s1. The summed E-state index contributed by atoms with van der Waals surface area (Å²) in [5, 5.41) is 16.0. The fourth-order valence-electron chi connectivity index (χ4n) is 6.58. The number of piperidine rings is 1. The molecular formula is C26H41N5O4. The van der Waals surface area contributed by atoms with Crippen LogP contribution in [0.2, 0.25) is 0 Å². The molecule has 0 radical (unpaired) electrons. The molecule has 4 N–H and O–H groups in total. The molecule has 1 aliphatic carbocycles. The first-order valence-corrected chi connectivity index (χ1v) is 12.5. The maximum absolute atomic E-state index is 14.0. The summed E-state index contributed by atoms with van der Waals surface area (Å²) in [6, 6.07) is 0.538. The van der Waals surface area contributed by atoms with Crippen molar-refractivity contribution in [2.45, 2.75) is 80.3 Å². The van der Waals surface area contributed by atoms with Gasteiger partial charge in [0.05, 0.1) is 12.0 Å². The highest BCUT2D eigenvalue weighted by molar-refractivity contribution is 5.95. The third-order valence-electron chi connectivity index (χ3n) is 8.66. The van der Waals surface area contributed by atoms with Gasteiger partial charge in [-0.2, -0.15) is 5.26 Å². The monoisotopic (exact) mass is 487 g/mol. The van der Waals surface area contributed by atoms with Crippen LogP contribution in [0, 0.1) is 50.7 Å². The first kappa shape index (κ1) is 27.0. The molecule has 3 fully saturated rings. The van der Waals surface area contributed by atoms with Crippen LogP contribution in [-0.4, -0.2) is 53.7 Å². The van der Waals surface area contributed by atoms with Crippen molar-refractivity contribution in [3.05, 3.63) is 0 Å². The summed E-state index contributed by atoms with van der Waals surface area (Å²) in [6.07, 6.45) is 0.977. The molecular weight excluding hydrogens is 446 g/mol. The average molecular weight is 488 g/mol. The van der Waals surface area contributed by atoms with Crippen LogP contribution < -0.4 is 16.4 Å². The van der Waals surface area contributed by atoms with Gasteiger partial charge < -0.3 is 21.3 Å². The molecule has 194 valence electrons. The smallest absolute Gasteiger partial charge is 0.246 e. The third-order valence-corrected chi connectivity index (χ3v) is 8.66. The van der Waals surface area contributed by atoms with Crippen molar-refractivity contribution < 1.29 is 19.2 Å². The average Bonchev–Trinajstić information content (AvgIpc) is 3.08. The molecule has 2 heterocycles. The number of nitrogens with two attached hydrogens (primary N) is 1. The minimum absolute atomic E-state index is 0.0732. The fourth-order valence-corrected chi connectivity index (χ4v) is 6.58. The quantitative estimate of drug-likeness (QED) is 0.521. The Morgan fingerprint density at radius 3 is 2.26 bits per heavy atom. The van der Waals surface area contributed by atoms with Crippen molar-refractivity contribution in [2.24, 2.45) is 45.1 Å². The predicted octanol–water partition coefficient (Wildman–Crippen LogP) is 1.57. The predicted molar refractivity (Wildman–Crippen MR) is 130 cm³/mol. The fraction of sp³-hybridized carbons (Fsp3) is 0.808. The van der Waals surface area contributed by atoms with E-state index in [0.29, 0.717) is 19.4 Å². The second kappa shape index (κ2) is 8.49. The Morgan fingerprint density at radius 1 is 1.23 bits per heavy atom. The zero-order valence-corrected chi connectivity index (χ0v) is 22.3. The van der Waals surface area contributed by atoms with Gasteiger partial charge in [-0.25, -0.2) is 0 Å². The van der Waals surface area contributed by atoms with Gasteiger partial charge in [-0.3, -0.25) is 19.2 Å². The number of hydrogen-bond acceptors (Lipinski definition) is 5. The highest BCUT2D eigenvalue weighted by Gasteiger charge is 2.83. The second-order valence-electron chi connectivity index (χ2n) is 13.2. The van der Waals surface area contributed by atoms with Crippen molar-refractivity contribution in [3.8, 4) is 6.07 Å². The summed E-state index contributed by atoms with van der Waals surface area (Å²) in [4.78, 5) is 53.5. The molecule has 9 nitrogen and oxygen atoms in total. The van der Waals surface area contributed by atoms with Crippen molar-refractivity contribution in [1.82, 2.24) is 15.5 Å². The summed E-state index contributed by atoms with van der Waals surface area (Å²) < 4.78 is 0. The number of nitriles is 1. The van der Waals surface area contributed by atoms with Crippen LogP contribution in [0.3, 0.4) is 0 Å². The maximum Gasteiger partial charge on any atom is 0.246 e. The molecule has 0 aromatic heterocycles. The van der Waals surface area contributed by atoms with E-state index in [1.807, 2.05) is 34.6 Å². The van der Waals surface area contributed by atoms with Crippen molar-refractivity contribution in [3.63, 3.8) is 0 Å². The summed E-state index contributed by atoms with van der Waals surface area (Å²) in [5.41, 5.74) is 3.40. The lowest BCUT2D eigenvalue weighted by molar-refractivity contribution is -0.147. The SMILES string of the molecule is CC(C)(C)C(=O)N[C@H](C(=O)N1CC2C(C)(C)C2([C@@H](C#N)C[C@H]2CCNC2=O)C1C(N)=O)C(C)(C)C. The molecule has 35 heavy (non-hydrogen) atoms. The van der Waals surface area contributed by atoms with Crippen LogP contribution in [0.25, 0.3) is 0 Å². The van der Waals surface area contributed by atoms with Gasteiger partial charge in [0.2, 0.25) is 23.6 Å². The molecule has 6 atom stereocenters. The van der Waals surface area contributed by atoms with Crippen LogP contribution >= 0.6 is 0 Å². The number of hydrogen-bond donors (Lipinski definition) is 3. The summed E-state index contributed by atoms with van der Waals surface area (Å²) in [6.45, 7) is 15.8. The Balaban J connectivity index is 1.98. The van der Waals surface area contributed by atoms with Gasteiger partial charge in [0.1, 0.15) is 12.1 Å². The number of primary amides is 1. The highest BCUT2D eigenvalue weighted by Crippen LogP contribution is 2.78. The molecule has 9 heteroatoms. The molecule has 0 spiro atoms. The molecule has 0 bridgehead atoms. The normalized spacial score (nSPS) is 31.1. The van der Waals surface area contributed by atoms with E-state index in [9.17, 15) is 24.4 Å². The Bertz CT molecular complexity index is 970. The number of likely N-dealkylation sites (tertiary alicyclic amines) is 1. The number of carbonyl (C=O) groups excluding carboxylic acids is 4. The van der Waals surface area contributed by atoms with E-state index in [0.717, 1.165) is 0 Å². The molecule has 3 unspecified atom stereocenters. The topological polar surface area (TPSA) is 145 Å². The van der Waals surface area contributed by atoms with Crippen LogP contribution in [-0.2, 0) is 19.2 Å². The molecule has 0 aromatic rings. The zero-order valence-electron chi connectivity index (χ0n) is 22.3. The maximum atomic E-state index is 14.0. The summed E-state index contributed by atoms with van der Waals surface area (Å²) in [7, 11) is 0. The lowest BCUT2D eigenvalue weighted by Gasteiger charge is -2.41. The van der Waals surface area contributed by atoms with Gasteiger partial charge in [0, 0.05) is 29.8 Å². The van der Waals surface area contributed by atoms with E-state index in [2.05, 4.69) is 16.7 Å². The van der Waals surface area contributed by atoms with Gasteiger partial charge >= 0.3 is 0 Å². The molecule has 2 aliphatic heterocycles. The minimum atomic E-state index is -0.986. The lowest BCUT2D eigenvalue weighted by Crippen LogP contribution is -2.61. The van der Waals surface area contributed by atoms with E-state index in [-0.39, 0.29) is 36.1 Å². The van der Waals surface area contributed by atoms with Crippen molar-refractivity contribution >= 4 is 23.6 Å². The third kappa shape index (κ3) is 4.19. The number of nitrogens with one attached hydrogen (secondary N) is 2. The Hall–Kier alpha value is -2.63. The molecule has 0 aromatic carbocycles. The van der Waals surface area contributed by atoms with E-state index in [1.54, 1.807) is 20.8 Å². The molecule has 2 saturated heterocycles. The molecule has 4 amide bonds. The van der Waals surface area contributed by atoms with Gasteiger partial charge in [0.15, 0.2) is 0 Å². The Morgan fingerprint density at radius 2 is 1.83 bits per heavy atom. The van der Waals surface area contributed by atoms with Gasteiger partial charge in [-0.05, 0) is 29.6 Å². The Labute approximate surface area is 208 Å². The lowest BCUT2D eigenvalue weighted by atomic mass is 9.73. The first-order valence-electron chi connectivity index (χ1n) is 12.5.